The van der Waals surface area contributed by atoms with Gasteiger partial charge < -0.3 is 0 Å². The summed E-state index contributed by atoms with van der Waals surface area (Å²) >= 11 is 7.51. The largest absolute Gasteiger partial charge is 0.245 e. The summed E-state index contributed by atoms with van der Waals surface area (Å²) in [6, 6.07) is 8.43. The highest BCUT2D eigenvalue weighted by molar-refractivity contribution is 7.97. The van der Waals surface area contributed by atoms with Crippen molar-refractivity contribution in [3.8, 4) is 0 Å². The molecule has 0 bridgehead atoms. The quantitative estimate of drug-likeness (QED) is 0.585. The fourth-order valence-electron chi connectivity index (χ4n) is 1.16. The van der Waals surface area contributed by atoms with E-state index in [1.54, 1.807) is 11.9 Å². The van der Waals surface area contributed by atoms with Crippen LogP contribution in [0.4, 0.5) is 0 Å². The molecule has 0 fully saturated rings. The number of alkyl halides is 1. The van der Waals surface area contributed by atoms with Crippen molar-refractivity contribution in [2.24, 2.45) is 0 Å². The molecule has 1 aromatic carbocycles. The van der Waals surface area contributed by atoms with E-state index in [1.165, 1.54) is 10.5 Å². The maximum Gasteiger partial charge on any atom is 0.0360 e. The van der Waals surface area contributed by atoms with Gasteiger partial charge in [0, 0.05) is 23.9 Å². The van der Waals surface area contributed by atoms with Gasteiger partial charge in [-0.2, -0.15) is 0 Å². The number of benzene rings is 1. The second-order valence-electron chi connectivity index (χ2n) is 3.07. The summed E-state index contributed by atoms with van der Waals surface area (Å²) in [5.41, 5.74) is 1.32. The van der Waals surface area contributed by atoms with Gasteiger partial charge in [0.15, 0.2) is 0 Å². The molecule has 0 aliphatic rings. The fraction of sp³-hybridized carbons (Fsp3) is 0.455. The van der Waals surface area contributed by atoms with Crippen LogP contribution in [-0.2, 0) is 0 Å². The third-order valence-electron chi connectivity index (χ3n) is 2.01. The van der Waals surface area contributed by atoms with Crippen molar-refractivity contribution < 1.29 is 0 Å². The van der Waals surface area contributed by atoms with Crippen molar-refractivity contribution in [1.82, 2.24) is 4.31 Å². The van der Waals surface area contributed by atoms with Crippen LogP contribution in [0.5, 0.6) is 0 Å². The minimum absolute atomic E-state index is 0. The van der Waals surface area contributed by atoms with Crippen LogP contribution < -0.4 is 0 Å². The number of halogens is 2. The SMILES string of the molecule is CCN(CCCl)Sc1ccccc1C.Cl. The van der Waals surface area contributed by atoms with Crippen LogP contribution in [0.1, 0.15) is 12.5 Å². The first-order valence-electron chi connectivity index (χ1n) is 4.82. The summed E-state index contributed by atoms with van der Waals surface area (Å²) in [7, 11) is 0. The lowest BCUT2D eigenvalue weighted by Crippen LogP contribution is -2.17. The van der Waals surface area contributed by atoms with Crippen LogP contribution in [0.3, 0.4) is 0 Å². The normalized spacial score (nSPS) is 10.1. The molecule has 4 heteroatoms. The van der Waals surface area contributed by atoms with E-state index < -0.39 is 0 Å². The molecule has 0 aromatic heterocycles. The Bertz CT molecular complexity index is 281. The van der Waals surface area contributed by atoms with Crippen LogP contribution in [0.2, 0.25) is 0 Å². The van der Waals surface area contributed by atoms with E-state index in [2.05, 4.69) is 42.4 Å². The van der Waals surface area contributed by atoms with Gasteiger partial charge in [0.1, 0.15) is 0 Å². The fourth-order valence-corrected chi connectivity index (χ4v) is 2.41. The Morgan fingerprint density at radius 3 is 2.53 bits per heavy atom. The third kappa shape index (κ3) is 5.12. The zero-order chi connectivity index (χ0) is 10.4. The van der Waals surface area contributed by atoms with Crippen molar-refractivity contribution >= 4 is 36.0 Å². The maximum absolute atomic E-state index is 5.73. The van der Waals surface area contributed by atoms with E-state index in [1.807, 2.05) is 0 Å². The molecule has 0 saturated carbocycles. The second kappa shape index (κ2) is 8.28. The van der Waals surface area contributed by atoms with Gasteiger partial charge in [0.25, 0.3) is 0 Å². The Morgan fingerprint density at radius 2 is 2.00 bits per heavy atom. The molecule has 1 nitrogen and oxygen atoms in total. The molecule has 86 valence electrons. The first-order valence-corrected chi connectivity index (χ1v) is 6.13. The number of hydrogen-bond donors (Lipinski definition) is 0. The number of aryl methyl sites for hydroxylation is 1. The topological polar surface area (TPSA) is 3.24 Å². The molecule has 0 spiro atoms. The molecule has 15 heavy (non-hydrogen) atoms. The molecule has 0 radical (unpaired) electrons. The van der Waals surface area contributed by atoms with Crippen LogP contribution >= 0.6 is 36.0 Å². The van der Waals surface area contributed by atoms with Gasteiger partial charge in [-0.3, -0.25) is 0 Å². The number of hydrogen-bond acceptors (Lipinski definition) is 2. The summed E-state index contributed by atoms with van der Waals surface area (Å²) in [6.07, 6.45) is 0. The molecule has 0 N–H and O–H groups in total. The Morgan fingerprint density at radius 1 is 1.33 bits per heavy atom. The minimum Gasteiger partial charge on any atom is -0.245 e. The van der Waals surface area contributed by atoms with Crippen molar-refractivity contribution in [2.75, 3.05) is 19.0 Å². The minimum atomic E-state index is 0. The van der Waals surface area contributed by atoms with Crippen molar-refractivity contribution in [1.29, 1.82) is 0 Å². The summed E-state index contributed by atoms with van der Waals surface area (Å²) in [5, 5.41) is 0. The first kappa shape index (κ1) is 15.1. The zero-order valence-electron chi connectivity index (χ0n) is 9.07. The van der Waals surface area contributed by atoms with Gasteiger partial charge in [0.05, 0.1) is 0 Å². The Balaban J connectivity index is 0.00000196. The van der Waals surface area contributed by atoms with Crippen LogP contribution in [-0.4, -0.2) is 23.3 Å². The van der Waals surface area contributed by atoms with E-state index in [4.69, 9.17) is 11.6 Å². The number of nitrogens with zero attached hydrogens (tertiary/aromatic N) is 1. The third-order valence-corrected chi connectivity index (χ3v) is 3.53. The molecule has 0 amide bonds. The summed E-state index contributed by atoms with van der Waals surface area (Å²) in [5.74, 6) is 0.687. The highest BCUT2D eigenvalue weighted by atomic mass is 35.5. The predicted octanol–water partition coefficient (Wildman–Crippen LogP) is 3.98. The van der Waals surface area contributed by atoms with Crippen LogP contribution in [0.15, 0.2) is 29.2 Å². The Labute approximate surface area is 108 Å². The lowest BCUT2D eigenvalue weighted by atomic mass is 10.2. The molecule has 0 atom stereocenters. The predicted molar refractivity (Wildman–Crippen MR) is 72.3 cm³/mol. The van der Waals surface area contributed by atoms with Crippen molar-refractivity contribution in [3.63, 3.8) is 0 Å². The molecular weight excluding hydrogens is 249 g/mol. The zero-order valence-corrected chi connectivity index (χ0v) is 11.5. The van der Waals surface area contributed by atoms with Crippen molar-refractivity contribution in [3.05, 3.63) is 29.8 Å². The van der Waals surface area contributed by atoms with E-state index in [0.717, 1.165) is 13.1 Å². The van der Waals surface area contributed by atoms with Gasteiger partial charge in [-0.05, 0) is 30.5 Å². The average molecular weight is 266 g/mol. The van der Waals surface area contributed by atoms with E-state index in [9.17, 15) is 0 Å². The molecule has 0 aliphatic carbocycles. The average Bonchev–Trinajstić information content (AvgIpc) is 2.20. The standard InChI is InChI=1S/C11H16ClNS.ClH/c1-3-13(9-8-12)14-11-7-5-4-6-10(11)2;/h4-7H,3,8-9H2,1-2H3;1H. The molecule has 1 rings (SSSR count). The van der Waals surface area contributed by atoms with Gasteiger partial charge >= 0.3 is 0 Å². The van der Waals surface area contributed by atoms with E-state index in [-0.39, 0.29) is 12.4 Å². The second-order valence-corrected chi connectivity index (χ2v) is 4.58. The molecule has 0 heterocycles. The van der Waals surface area contributed by atoms with Gasteiger partial charge in [-0.25, -0.2) is 4.31 Å². The maximum atomic E-state index is 5.73. The first-order chi connectivity index (χ1) is 6.77. The highest BCUT2D eigenvalue weighted by Gasteiger charge is 2.05. The molecule has 0 saturated heterocycles. The van der Waals surface area contributed by atoms with Crippen LogP contribution in [0.25, 0.3) is 0 Å². The number of rotatable bonds is 5. The van der Waals surface area contributed by atoms with E-state index in [0.29, 0.717) is 5.88 Å². The summed E-state index contributed by atoms with van der Waals surface area (Å²) in [6.45, 7) is 6.23. The Kier molecular flexibility index (Phi) is 8.34. The molecule has 1 aromatic rings. The molecular formula is C11H17Cl2NS. The van der Waals surface area contributed by atoms with E-state index >= 15 is 0 Å². The lowest BCUT2D eigenvalue weighted by molar-refractivity contribution is 0.527. The molecule has 0 unspecified atom stereocenters. The lowest BCUT2D eigenvalue weighted by Gasteiger charge is -2.18. The van der Waals surface area contributed by atoms with Crippen molar-refractivity contribution in [2.45, 2.75) is 18.7 Å². The summed E-state index contributed by atoms with van der Waals surface area (Å²) < 4.78 is 2.27. The highest BCUT2D eigenvalue weighted by Crippen LogP contribution is 2.25. The smallest absolute Gasteiger partial charge is 0.0360 e. The van der Waals surface area contributed by atoms with Crippen LogP contribution in [0, 0.1) is 6.92 Å². The van der Waals surface area contributed by atoms with Gasteiger partial charge in [-0.1, -0.05) is 25.1 Å². The van der Waals surface area contributed by atoms with Gasteiger partial charge in [0.2, 0.25) is 0 Å². The van der Waals surface area contributed by atoms with Gasteiger partial charge in [-0.15, -0.1) is 24.0 Å². The summed E-state index contributed by atoms with van der Waals surface area (Å²) in [4.78, 5) is 1.32. The molecule has 0 aliphatic heterocycles. The monoisotopic (exact) mass is 265 g/mol. The Hall–Kier alpha value is 0.110.